The van der Waals surface area contributed by atoms with E-state index in [9.17, 15) is 19.3 Å². The molecule has 2 aromatic rings. The first-order chi connectivity index (χ1) is 15.4. The Morgan fingerprint density at radius 1 is 1.39 bits per heavy atom. The molecule has 0 bridgehead atoms. The first-order valence-electron chi connectivity index (χ1n) is 10.3. The number of hydrogen-bond donors (Lipinski definition) is 3. The molecule has 4 N–H and O–H groups in total. The van der Waals surface area contributed by atoms with Crippen LogP contribution in [0.4, 0.5) is 5.95 Å². The van der Waals surface area contributed by atoms with E-state index >= 15 is 0 Å². The molecule has 1 saturated carbocycles. The molecule has 1 aliphatic carbocycles. The summed E-state index contributed by atoms with van der Waals surface area (Å²) in [6, 6.07) is -0.982. The number of fused-ring (bicyclic) bond motifs is 1. The number of ether oxygens (including phenoxy) is 2. The molecule has 2 aromatic heterocycles. The van der Waals surface area contributed by atoms with E-state index in [1.54, 1.807) is 13.8 Å². The van der Waals surface area contributed by atoms with Gasteiger partial charge in [-0.25, -0.2) is 4.98 Å². The second kappa shape index (κ2) is 9.35. The topological polar surface area (TPSA) is 181 Å². The molecule has 13 nitrogen and oxygen atoms in total. The molecule has 0 amide bonds. The maximum Gasteiger partial charge on any atom is 0.356 e. The van der Waals surface area contributed by atoms with E-state index < -0.39 is 49.3 Å². The molecule has 2 heterocycles. The highest BCUT2D eigenvalue weighted by Gasteiger charge is 2.58. The molecule has 1 fully saturated rings. The van der Waals surface area contributed by atoms with E-state index in [2.05, 4.69) is 21.5 Å². The van der Waals surface area contributed by atoms with Gasteiger partial charge in [0.05, 0.1) is 25.6 Å². The van der Waals surface area contributed by atoms with Gasteiger partial charge in [-0.15, -0.1) is 0 Å². The molecule has 33 heavy (non-hydrogen) atoms. The first kappa shape index (κ1) is 25.1. The van der Waals surface area contributed by atoms with Crippen LogP contribution in [0.3, 0.4) is 0 Å². The van der Waals surface area contributed by atoms with Gasteiger partial charge in [0.2, 0.25) is 5.95 Å². The van der Waals surface area contributed by atoms with Gasteiger partial charge in [-0.05, 0) is 26.3 Å². The fourth-order valence-corrected chi connectivity index (χ4v) is 5.36. The lowest BCUT2D eigenvalue weighted by Gasteiger charge is -2.32. The Balaban J connectivity index is 2.03. The molecule has 0 aliphatic heterocycles. The number of rotatable bonds is 9. The fourth-order valence-electron chi connectivity index (χ4n) is 4.01. The Morgan fingerprint density at radius 2 is 2.03 bits per heavy atom. The van der Waals surface area contributed by atoms with E-state index in [1.165, 1.54) is 24.7 Å². The highest BCUT2D eigenvalue weighted by molar-refractivity contribution is 7.53. The highest BCUT2D eigenvalue weighted by atomic mass is 31.2. The zero-order chi connectivity index (χ0) is 24.6. The predicted octanol–water partition coefficient (Wildman–Crippen LogP) is 1.10. The van der Waals surface area contributed by atoms with Crippen LogP contribution in [0.15, 0.2) is 23.3 Å². The standard InChI is InChI=1S/C19H28N5O8P/c1-6-30-33(28,31-7-2)9-29-13-10(3)14(19(5,27)15(13)32-11(4)25)24-8-21-12-16(24)22-18(20)23-17(12)26/h8,13-15,27H,3,6-7,9H2,1-2,4-5H3,(H3,20,22,23,26)/t13-,14+,15-,19-/m0/s1. The number of nitrogen functional groups attached to an aromatic ring is 1. The average Bonchev–Trinajstić information content (AvgIpc) is 3.17. The van der Waals surface area contributed by atoms with Crippen LogP contribution in [0, 0.1) is 0 Å². The summed E-state index contributed by atoms with van der Waals surface area (Å²) in [5, 5.41) is 11.5. The second-order valence-electron chi connectivity index (χ2n) is 7.67. The van der Waals surface area contributed by atoms with Crippen LogP contribution in [0.1, 0.15) is 33.7 Å². The molecule has 0 radical (unpaired) electrons. The van der Waals surface area contributed by atoms with Crippen molar-refractivity contribution in [2.24, 2.45) is 0 Å². The van der Waals surface area contributed by atoms with E-state index in [0.717, 1.165) is 0 Å². The van der Waals surface area contributed by atoms with Gasteiger partial charge in [0.25, 0.3) is 5.56 Å². The number of aromatic nitrogens is 4. The molecule has 14 heteroatoms. The minimum atomic E-state index is -3.61. The van der Waals surface area contributed by atoms with Gasteiger partial charge in [0.15, 0.2) is 17.3 Å². The van der Waals surface area contributed by atoms with Crippen LogP contribution >= 0.6 is 7.60 Å². The fraction of sp³-hybridized carbons (Fsp3) is 0.579. The van der Waals surface area contributed by atoms with Gasteiger partial charge >= 0.3 is 13.6 Å². The summed E-state index contributed by atoms with van der Waals surface area (Å²) in [6.45, 7) is 10.2. The molecular formula is C19H28N5O8P. The Labute approximate surface area is 189 Å². The molecule has 182 valence electrons. The van der Waals surface area contributed by atoms with Crippen LogP contribution in [0.25, 0.3) is 11.2 Å². The predicted molar refractivity (Wildman–Crippen MR) is 118 cm³/mol. The average molecular weight is 485 g/mol. The van der Waals surface area contributed by atoms with Crippen molar-refractivity contribution in [1.82, 2.24) is 19.5 Å². The van der Waals surface area contributed by atoms with Crippen LogP contribution in [0.2, 0.25) is 0 Å². The van der Waals surface area contributed by atoms with Gasteiger partial charge in [0, 0.05) is 6.92 Å². The third-order valence-electron chi connectivity index (χ3n) is 5.21. The Kier molecular flexibility index (Phi) is 7.10. The molecule has 0 saturated heterocycles. The lowest BCUT2D eigenvalue weighted by atomic mass is 9.97. The number of esters is 1. The summed E-state index contributed by atoms with van der Waals surface area (Å²) in [5.41, 5.74) is 3.71. The van der Waals surface area contributed by atoms with Crippen molar-refractivity contribution in [2.75, 3.05) is 25.3 Å². The van der Waals surface area contributed by atoms with E-state index in [1.807, 2.05) is 0 Å². The number of anilines is 1. The number of nitrogens with one attached hydrogen (secondary N) is 1. The summed E-state index contributed by atoms with van der Waals surface area (Å²) in [5.74, 6) is -0.814. The van der Waals surface area contributed by atoms with Gasteiger partial charge in [0.1, 0.15) is 18.1 Å². The number of hydrogen-bond acceptors (Lipinski definition) is 11. The maximum absolute atomic E-state index is 12.9. The van der Waals surface area contributed by atoms with Crippen molar-refractivity contribution >= 4 is 30.7 Å². The minimum absolute atomic E-state index is 0.00148. The highest BCUT2D eigenvalue weighted by Crippen LogP contribution is 2.51. The number of nitrogens with zero attached hydrogens (tertiary/aromatic N) is 3. The van der Waals surface area contributed by atoms with Gasteiger partial charge in [-0.2, -0.15) is 4.98 Å². The number of aliphatic hydroxyl groups is 1. The Bertz CT molecular complexity index is 1150. The Hall–Kier alpha value is -2.57. The van der Waals surface area contributed by atoms with E-state index in [4.69, 9.17) is 24.3 Å². The minimum Gasteiger partial charge on any atom is -0.456 e. The monoisotopic (exact) mass is 485 g/mol. The van der Waals surface area contributed by atoms with Crippen molar-refractivity contribution in [3.63, 3.8) is 0 Å². The maximum atomic E-state index is 12.9. The van der Waals surface area contributed by atoms with Gasteiger partial charge < -0.3 is 33.9 Å². The van der Waals surface area contributed by atoms with Crippen LogP contribution < -0.4 is 11.3 Å². The summed E-state index contributed by atoms with van der Waals surface area (Å²) in [7, 11) is -3.61. The summed E-state index contributed by atoms with van der Waals surface area (Å²) in [6.07, 6.45) is -1.48. The summed E-state index contributed by atoms with van der Waals surface area (Å²) in [4.78, 5) is 34.6. The van der Waals surface area contributed by atoms with Crippen molar-refractivity contribution in [1.29, 1.82) is 0 Å². The smallest absolute Gasteiger partial charge is 0.356 e. The molecular weight excluding hydrogens is 457 g/mol. The SMILES string of the molecule is C=C1[C@H](OCP(=O)(OCC)OCC)[C@H](OC(C)=O)[C@@](C)(O)[C@@H]1n1cnc2c(=O)[nH]c(N)nc21. The second-order valence-corrected chi connectivity index (χ2v) is 9.67. The normalized spacial score (nSPS) is 25.6. The van der Waals surface area contributed by atoms with Crippen LogP contribution in [-0.4, -0.2) is 68.0 Å². The molecule has 0 spiro atoms. The number of nitrogens with two attached hydrogens (primary N) is 1. The number of imidazole rings is 1. The molecule has 3 rings (SSSR count). The molecule has 0 aromatic carbocycles. The van der Waals surface area contributed by atoms with Gasteiger partial charge in [-0.1, -0.05) is 6.58 Å². The third-order valence-corrected chi connectivity index (χ3v) is 6.98. The number of carbonyl (C=O) groups is 1. The molecule has 1 aliphatic rings. The third kappa shape index (κ3) is 4.73. The zero-order valence-electron chi connectivity index (χ0n) is 18.8. The van der Waals surface area contributed by atoms with Crippen molar-refractivity contribution in [3.8, 4) is 0 Å². The molecule has 4 atom stereocenters. The number of carbonyl (C=O) groups excluding carboxylic acids is 1. The largest absolute Gasteiger partial charge is 0.456 e. The number of aromatic amines is 1. The quantitative estimate of drug-likeness (QED) is 0.263. The van der Waals surface area contributed by atoms with E-state index in [-0.39, 0.29) is 35.9 Å². The van der Waals surface area contributed by atoms with Gasteiger partial charge in [-0.3, -0.25) is 19.1 Å². The van der Waals surface area contributed by atoms with Crippen molar-refractivity contribution in [3.05, 3.63) is 28.8 Å². The zero-order valence-corrected chi connectivity index (χ0v) is 19.7. The lowest BCUT2D eigenvalue weighted by molar-refractivity contribution is -0.169. The van der Waals surface area contributed by atoms with E-state index in [0.29, 0.717) is 0 Å². The Morgan fingerprint density at radius 3 is 2.61 bits per heavy atom. The van der Waals surface area contributed by atoms with Crippen LogP contribution in [-0.2, 0) is 27.9 Å². The van der Waals surface area contributed by atoms with Crippen molar-refractivity contribution in [2.45, 2.75) is 51.5 Å². The summed E-state index contributed by atoms with van der Waals surface area (Å²) >= 11 is 0. The van der Waals surface area contributed by atoms with Crippen LogP contribution in [0.5, 0.6) is 0 Å². The first-order valence-corrected chi connectivity index (χ1v) is 12.0. The summed E-state index contributed by atoms with van der Waals surface area (Å²) < 4.78 is 36.0. The number of H-pyrrole nitrogens is 1. The lowest BCUT2D eigenvalue weighted by Crippen LogP contribution is -2.46. The molecule has 0 unspecified atom stereocenters. The van der Waals surface area contributed by atoms with Crippen molar-refractivity contribution < 1.29 is 33.0 Å².